The number of halogens is 1. The minimum absolute atomic E-state index is 0. The van der Waals surface area contributed by atoms with Crippen molar-refractivity contribution in [2.24, 2.45) is 4.99 Å². The van der Waals surface area contributed by atoms with Crippen LogP contribution < -0.4 is 10.6 Å². The van der Waals surface area contributed by atoms with Gasteiger partial charge in [0.2, 0.25) is 0 Å². The molecule has 0 spiro atoms. The van der Waals surface area contributed by atoms with Crippen LogP contribution in [0, 0.1) is 0 Å². The second-order valence-corrected chi connectivity index (χ2v) is 6.07. The molecule has 0 amide bonds. The molecule has 1 fully saturated rings. The highest BCUT2D eigenvalue weighted by Gasteiger charge is 2.19. The summed E-state index contributed by atoms with van der Waals surface area (Å²) in [7, 11) is 0. The maximum absolute atomic E-state index is 4.79. The van der Waals surface area contributed by atoms with Crippen LogP contribution in [0.5, 0.6) is 0 Å². The highest BCUT2D eigenvalue weighted by atomic mass is 127. The van der Waals surface area contributed by atoms with Gasteiger partial charge in [-0.2, -0.15) is 5.10 Å². The molecule has 2 rings (SSSR count). The van der Waals surface area contributed by atoms with Crippen molar-refractivity contribution in [3.8, 4) is 0 Å². The number of nitrogens with one attached hydrogen (secondary N) is 2. The van der Waals surface area contributed by atoms with Crippen LogP contribution in [0.25, 0.3) is 0 Å². The van der Waals surface area contributed by atoms with E-state index in [0.717, 1.165) is 38.6 Å². The number of aromatic nitrogens is 2. The average Bonchev–Trinajstić information content (AvgIpc) is 3.25. The first-order valence-corrected chi connectivity index (χ1v) is 9.07. The van der Waals surface area contributed by atoms with E-state index in [1.165, 1.54) is 32.4 Å². The minimum atomic E-state index is 0. The first-order valence-electron chi connectivity index (χ1n) is 9.07. The predicted octanol–water partition coefficient (Wildman–Crippen LogP) is 2.32. The Hall–Kier alpha value is -0.830. The Morgan fingerprint density at radius 2 is 2.04 bits per heavy atom. The zero-order chi connectivity index (χ0) is 16.3. The van der Waals surface area contributed by atoms with Crippen molar-refractivity contribution in [2.75, 3.05) is 32.7 Å². The summed E-state index contributed by atoms with van der Waals surface area (Å²) in [6, 6.07) is 2.54. The van der Waals surface area contributed by atoms with Crippen LogP contribution in [0.4, 0.5) is 0 Å². The normalized spacial score (nSPS) is 16.7. The summed E-state index contributed by atoms with van der Waals surface area (Å²) < 4.78 is 1.96. The number of nitrogens with zero attached hydrogens (tertiary/aromatic N) is 4. The largest absolute Gasteiger partial charge is 0.357 e. The lowest BCUT2D eigenvalue weighted by atomic mass is 10.2. The summed E-state index contributed by atoms with van der Waals surface area (Å²) in [4.78, 5) is 7.38. The minimum Gasteiger partial charge on any atom is -0.357 e. The summed E-state index contributed by atoms with van der Waals surface area (Å²) in [5, 5.41) is 11.0. The summed E-state index contributed by atoms with van der Waals surface area (Å²) in [5.74, 6) is 0.936. The van der Waals surface area contributed by atoms with Gasteiger partial charge in [0, 0.05) is 38.1 Å². The van der Waals surface area contributed by atoms with Gasteiger partial charge in [-0.3, -0.25) is 14.6 Å². The maximum atomic E-state index is 4.79. The first kappa shape index (κ1) is 21.2. The van der Waals surface area contributed by atoms with Crippen molar-refractivity contribution in [3.63, 3.8) is 0 Å². The Kier molecular flexibility index (Phi) is 11.1. The third kappa shape index (κ3) is 7.38. The molecule has 7 heteroatoms. The standard InChI is InChI=1S/C17H32N6.HI/c1-3-16(22-11-5-6-12-22)15-20-17(18-4-2)19-9-7-13-23-14-8-10-21-23;/h8,10,14,16H,3-7,9,11-13,15H2,1-2H3,(H2,18,19,20);1H. The molecule has 1 aromatic rings. The van der Waals surface area contributed by atoms with E-state index in [9.17, 15) is 0 Å². The van der Waals surface area contributed by atoms with Gasteiger partial charge < -0.3 is 10.6 Å². The molecule has 0 saturated carbocycles. The van der Waals surface area contributed by atoms with Crippen LogP contribution in [0.1, 0.15) is 39.5 Å². The van der Waals surface area contributed by atoms with E-state index in [-0.39, 0.29) is 24.0 Å². The van der Waals surface area contributed by atoms with Gasteiger partial charge >= 0.3 is 0 Å². The molecule has 2 heterocycles. The zero-order valence-corrected chi connectivity index (χ0v) is 17.4. The topological polar surface area (TPSA) is 57.5 Å². The molecule has 0 bridgehead atoms. The molecule has 1 aromatic heterocycles. The van der Waals surface area contributed by atoms with E-state index in [1.54, 1.807) is 0 Å². The first-order chi connectivity index (χ1) is 11.3. The number of hydrogen-bond donors (Lipinski definition) is 2. The van der Waals surface area contributed by atoms with E-state index in [2.05, 4.69) is 34.5 Å². The number of guanidine groups is 1. The molecule has 1 unspecified atom stereocenters. The van der Waals surface area contributed by atoms with Gasteiger partial charge in [0.1, 0.15) is 0 Å². The van der Waals surface area contributed by atoms with Crippen LogP contribution in [-0.4, -0.2) is 59.4 Å². The van der Waals surface area contributed by atoms with Gasteiger partial charge in [-0.15, -0.1) is 24.0 Å². The van der Waals surface area contributed by atoms with Crippen molar-refractivity contribution in [3.05, 3.63) is 18.5 Å². The Balaban J connectivity index is 0.00000288. The van der Waals surface area contributed by atoms with Gasteiger partial charge in [-0.1, -0.05) is 6.92 Å². The van der Waals surface area contributed by atoms with Crippen molar-refractivity contribution in [1.82, 2.24) is 25.3 Å². The van der Waals surface area contributed by atoms with Crippen molar-refractivity contribution in [2.45, 2.75) is 52.1 Å². The van der Waals surface area contributed by atoms with Gasteiger partial charge in [0.25, 0.3) is 0 Å². The number of aryl methyl sites for hydroxylation is 1. The van der Waals surface area contributed by atoms with Crippen LogP contribution >= 0.6 is 24.0 Å². The molecule has 1 atom stereocenters. The number of rotatable bonds is 9. The fourth-order valence-corrected chi connectivity index (χ4v) is 3.03. The van der Waals surface area contributed by atoms with E-state index >= 15 is 0 Å². The summed E-state index contributed by atoms with van der Waals surface area (Å²) in [5.41, 5.74) is 0. The molecule has 1 saturated heterocycles. The van der Waals surface area contributed by atoms with Gasteiger partial charge in [-0.25, -0.2) is 0 Å². The molecule has 24 heavy (non-hydrogen) atoms. The van der Waals surface area contributed by atoms with Crippen molar-refractivity contribution >= 4 is 29.9 Å². The number of likely N-dealkylation sites (tertiary alicyclic amines) is 1. The molecule has 6 nitrogen and oxygen atoms in total. The molecule has 1 aliphatic rings. The second-order valence-electron chi connectivity index (χ2n) is 6.07. The van der Waals surface area contributed by atoms with Gasteiger partial charge in [0.15, 0.2) is 5.96 Å². The van der Waals surface area contributed by atoms with Crippen molar-refractivity contribution < 1.29 is 0 Å². The maximum Gasteiger partial charge on any atom is 0.191 e. The van der Waals surface area contributed by atoms with Crippen LogP contribution in [0.15, 0.2) is 23.5 Å². The number of hydrogen-bond acceptors (Lipinski definition) is 3. The lowest BCUT2D eigenvalue weighted by molar-refractivity contribution is 0.242. The fourth-order valence-electron chi connectivity index (χ4n) is 3.03. The summed E-state index contributed by atoms with van der Waals surface area (Å²) in [6.07, 6.45) is 8.71. The predicted molar refractivity (Wildman–Crippen MR) is 111 cm³/mol. The lowest BCUT2D eigenvalue weighted by Gasteiger charge is -2.25. The Labute approximate surface area is 163 Å². The van der Waals surface area contributed by atoms with E-state index in [4.69, 9.17) is 4.99 Å². The zero-order valence-electron chi connectivity index (χ0n) is 15.1. The van der Waals surface area contributed by atoms with Gasteiger partial charge in [-0.05, 0) is 51.8 Å². The third-order valence-electron chi connectivity index (χ3n) is 4.35. The summed E-state index contributed by atoms with van der Waals surface area (Å²) in [6.45, 7) is 10.5. The van der Waals surface area contributed by atoms with Gasteiger partial charge in [0.05, 0.1) is 6.54 Å². The van der Waals surface area contributed by atoms with E-state index in [1.807, 2.05) is 23.1 Å². The highest BCUT2D eigenvalue weighted by Crippen LogP contribution is 2.14. The smallest absolute Gasteiger partial charge is 0.191 e. The summed E-state index contributed by atoms with van der Waals surface area (Å²) >= 11 is 0. The van der Waals surface area contributed by atoms with E-state index in [0.29, 0.717) is 6.04 Å². The SMILES string of the molecule is CCNC(=NCC(CC)N1CCCC1)NCCCn1cccn1.I. The van der Waals surface area contributed by atoms with Crippen LogP contribution in [0.2, 0.25) is 0 Å². The molecular formula is C17H33IN6. The molecule has 0 aliphatic carbocycles. The van der Waals surface area contributed by atoms with Crippen LogP contribution in [-0.2, 0) is 6.54 Å². The Bertz CT molecular complexity index is 442. The quantitative estimate of drug-likeness (QED) is 0.264. The molecule has 2 N–H and O–H groups in total. The van der Waals surface area contributed by atoms with Crippen LogP contribution in [0.3, 0.4) is 0 Å². The monoisotopic (exact) mass is 448 g/mol. The number of aliphatic imine (C=N–C) groups is 1. The molecule has 1 aliphatic heterocycles. The lowest BCUT2D eigenvalue weighted by Crippen LogP contribution is -2.40. The second kappa shape index (κ2) is 12.5. The molecule has 138 valence electrons. The highest BCUT2D eigenvalue weighted by molar-refractivity contribution is 14.0. The van der Waals surface area contributed by atoms with Crippen molar-refractivity contribution in [1.29, 1.82) is 0 Å². The Morgan fingerprint density at radius 3 is 2.67 bits per heavy atom. The average molecular weight is 448 g/mol. The fraction of sp³-hybridized carbons (Fsp3) is 0.765. The third-order valence-corrected chi connectivity index (χ3v) is 4.35. The molecule has 0 radical (unpaired) electrons. The van der Waals surface area contributed by atoms with E-state index < -0.39 is 0 Å². The molecule has 0 aromatic carbocycles. The Morgan fingerprint density at radius 1 is 1.25 bits per heavy atom. The molecular weight excluding hydrogens is 415 g/mol.